The van der Waals surface area contributed by atoms with Gasteiger partial charge >= 0.3 is 0 Å². The molecule has 0 saturated carbocycles. The number of rotatable bonds is 12. The van der Waals surface area contributed by atoms with Crippen LogP contribution in [0.15, 0.2) is 344 Å². The number of hydrogen-bond acceptors (Lipinski definition) is 12. The van der Waals surface area contributed by atoms with E-state index in [0.717, 1.165) is 184 Å². The van der Waals surface area contributed by atoms with Gasteiger partial charge in [0.25, 0.3) is 0 Å². The molecular formula is C88H55N11O2. The molecule has 0 spiro atoms. The number of furan rings is 2. The normalized spacial score (nSPS) is 11.4. The van der Waals surface area contributed by atoms with Gasteiger partial charge in [0.05, 0.1) is 67.0 Å². The molecule has 7 aromatic carbocycles. The summed E-state index contributed by atoms with van der Waals surface area (Å²) in [7, 11) is 0. The van der Waals surface area contributed by atoms with Gasteiger partial charge in [-0.15, -0.1) is 0 Å². The van der Waals surface area contributed by atoms with Gasteiger partial charge in [-0.1, -0.05) is 133 Å². The van der Waals surface area contributed by atoms with E-state index in [-0.39, 0.29) is 0 Å². The van der Waals surface area contributed by atoms with Crippen molar-refractivity contribution in [3.63, 3.8) is 0 Å². The van der Waals surface area contributed by atoms with Gasteiger partial charge in [0.1, 0.15) is 28.5 Å². The first-order chi connectivity index (χ1) is 50.1. The van der Waals surface area contributed by atoms with Gasteiger partial charge in [-0.25, -0.2) is 19.9 Å². The average Bonchev–Trinajstić information content (AvgIpc) is 1.61. The largest absolute Gasteiger partial charge is 0.455 e. The zero-order valence-electron chi connectivity index (χ0n) is 54.0. The van der Waals surface area contributed by atoms with Crippen molar-refractivity contribution in [2.24, 2.45) is 0 Å². The second-order valence-corrected chi connectivity index (χ2v) is 24.3. The van der Waals surface area contributed by atoms with E-state index in [0.29, 0.717) is 0 Å². The van der Waals surface area contributed by atoms with E-state index in [1.807, 2.05) is 152 Å². The number of aromatic nitrogens is 11. The third kappa shape index (κ3) is 11.2. The minimum absolute atomic E-state index is 0.723. The summed E-state index contributed by atoms with van der Waals surface area (Å²) in [5.41, 5.74) is 24.1. The number of hydrogen-bond donors (Lipinski definition) is 0. The van der Waals surface area contributed by atoms with Crippen LogP contribution in [0, 0.1) is 0 Å². The molecule has 12 aromatic heterocycles. The summed E-state index contributed by atoms with van der Waals surface area (Å²) in [5.74, 6) is 2.40. The zero-order valence-corrected chi connectivity index (χ0v) is 54.0. The highest BCUT2D eigenvalue weighted by molar-refractivity contribution is 6.18. The monoisotopic (exact) mass is 1300 g/mol. The van der Waals surface area contributed by atoms with Crippen molar-refractivity contribution >= 4 is 54.8 Å². The molecule has 0 aliphatic carbocycles. The SMILES string of the molecule is c1ccc(-c2cc(-c3cccc(-c4nc5ccccc5c5oc(-c6cccnc6)c(-c6cccnc6)c45)c3)cc(-c3ccccn3)n2)nc1.c1ccc(-n2c(-c3ccc(-c4cccc(-c5nc6ccccc6c6oc(-c7ccncc7)c(-c7ccncc7)c56)c4)cc3)nc3ccccc32)cc1. The van der Waals surface area contributed by atoms with Crippen LogP contribution >= 0.6 is 0 Å². The highest BCUT2D eigenvalue weighted by Crippen LogP contribution is 2.49. The van der Waals surface area contributed by atoms with Gasteiger partial charge in [0, 0.05) is 123 Å². The summed E-state index contributed by atoms with van der Waals surface area (Å²) in [5, 5.41) is 3.78. The first-order valence-electron chi connectivity index (χ1n) is 33.1. The van der Waals surface area contributed by atoms with E-state index < -0.39 is 0 Å². The van der Waals surface area contributed by atoms with Crippen LogP contribution < -0.4 is 0 Å². The molecule has 0 amide bonds. The van der Waals surface area contributed by atoms with Crippen LogP contribution in [0.4, 0.5) is 0 Å². The van der Waals surface area contributed by atoms with E-state index in [4.69, 9.17) is 28.8 Å². The number of imidazole rings is 1. The summed E-state index contributed by atoms with van der Waals surface area (Å²) < 4.78 is 15.9. The van der Waals surface area contributed by atoms with Crippen LogP contribution in [0.25, 0.3) is 184 Å². The summed E-state index contributed by atoms with van der Waals surface area (Å²) >= 11 is 0. The average molecular weight is 1300 g/mol. The standard InChI is InChI=1S/C46H29N5O.C42H26N6O/c1-2-11-36(12-3-1)51-40-16-7-6-15-39(40)50-46(51)33-19-17-30(18-20-33)34-9-8-10-35(29-34)43-42-41(31-21-25-47-26-22-31)44(32-23-27-48-28-24-32)52-45(42)37-13-4-5-14-38(37)49-43;1-2-15-33-32(14-1)42-39(38(29-12-8-18-43-25-29)41(49-42)30-13-9-19-44-26-30)40(48-33)28-11-7-10-27(22-28)31-23-36(34-16-3-5-20-45-34)47-37(24-31)35-17-4-6-21-46-35/h1-29H;1-26H. The lowest BCUT2D eigenvalue weighted by Gasteiger charge is -2.12. The van der Waals surface area contributed by atoms with Crippen molar-refractivity contribution in [3.8, 4) is 130 Å². The second kappa shape index (κ2) is 25.8. The van der Waals surface area contributed by atoms with Gasteiger partial charge in [-0.05, 0) is 167 Å². The van der Waals surface area contributed by atoms with Crippen molar-refractivity contribution in [3.05, 3.63) is 335 Å². The van der Waals surface area contributed by atoms with Crippen LogP contribution in [0.5, 0.6) is 0 Å². The second-order valence-electron chi connectivity index (χ2n) is 24.3. The maximum atomic E-state index is 6.85. The van der Waals surface area contributed by atoms with E-state index >= 15 is 0 Å². The van der Waals surface area contributed by atoms with Crippen molar-refractivity contribution in [2.75, 3.05) is 0 Å². The Kier molecular flexibility index (Phi) is 15.2. The van der Waals surface area contributed by atoms with E-state index in [9.17, 15) is 0 Å². The number of benzene rings is 7. The summed E-state index contributed by atoms with van der Waals surface area (Å²) in [6, 6.07) is 92.5. The Bertz CT molecular complexity index is 6180. The number of pyridine rings is 9. The molecule has 101 heavy (non-hydrogen) atoms. The predicted molar refractivity (Wildman–Crippen MR) is 402 cm³/mol. The Morgan fingerprint density at radius 3 is 1.33 bits per heavy atom. The fraction of sp³-hybridized carbons (Fsp3) is 0. The molecule has 474 valence electrons. The van der Waals surface area contributed by atoms with Crippen molar-refractivity contribution in [2.45, 2.75) is 0 Å². The van der Waals surface area contributed by atoms with Crippen molar-refractivity contribution in [1.82, 2.24) is 54.4 Å². The molecule has 19 rings (SSSR count). The molecular weight excluding hydrogens is 1240 g/mol. The van der Waals surface area contributed by atoms with Crippen LogP contribution in [0.2, 0.25) is 0 Å². The van der Waals surface area contributed by atoms with E-state index in [1.54, 1.807) is 37.2 Å². The molecule has 0 unspecified atom stereocenters. The summed E-state index contributed by atoms with van der Waals surface area (Å²) in [6.07, 6.45) is 18.0. The van der Waals surface area contributed by atoms with E-state index in [2.05, 4.69) is 180 Å². The molecule has 0 aliphatic heterocycles. The van der Waals surface area contributed by atoms with Gasteiger partial charge < -0.3 is 8.83 Å². The molecule has 0 fully saturated rings. The number of fused-ring (bicyclic) bond motifs is 7. The lowest BCUT2D eigenvalue weighted by Crippen LogP contribution is -1.97. The predicted octanol–water partition coefficient (Wildman–Crippen LogP) is 21.4. The molecule has 0 aliphatic rings. The molecule has 0 radical (unpaired) electrons. The minimum atomic E-state index is 0.723. The van der Waals surface area contributed by atoms with Crippen molar-refractivity contribution in [1.29, 1.82) is 0 Å². The fourth-order valence-electron chi connectivity index (χ4n) is 13.5. The highest BCUT2D eigenvalue weighted by atomic mass is 16.3. The van der Waals surface area contributed by atoms with Gasteiger partial charge in [-0.3, -0.25) is 34.5 Å². The summed E-state index contributed by atoms with van der Waals surface area (Å²) in [6.45, 7) is 0. The Balaban J connectivity index is 0.000000145. The number of para-hydroxylation sites is 5. The highest BCUT2D eigenvalue weighted by Gasteiger charge is 2.27. The van der Waals surface area contributed by atoms with Crippen molar-refractivity contribution < 1.29 is 8.83 Å². The molecule has 0 atom stereocenters. The lowest BCUT2D eigenvalue weighted by atomic mass is 9.94. The molecule has 19 aromatic rings. The Hall–Kier alpha value is -14.0. The first kappa shape index (κ1) is 59.5. The van der Waals surface area contributed by atoms with Crippen LogP contribution in [-0.2, 0) is 0 Å². The maximum Gasteiger partial charge on any atom is 0.147 e. The smallest absolute Gasteiger partial charge is 0.147 e. The molecule has 12 heterocycles. The quantitative estimate of drug-likeness (QED) is 0.114. The first-order valence-corrected chi connectivity index (χ1v) is 33.1. The van der Waals surface area contributed by atoms with Gasteiger partial charge in [0.15, 0.2) is 0 Å². The minimum Gasteiger partial charge on any atom is -0.455 e. The molecule has 0 saturated heterocycles. The van der Waals surface area contributed by atoms with Crippen LogP contribution in [0.3, 0.4) is 0 Å². The third-order valence-corrected chi connectivity index (χ3v) is 18.2. The Labute approximate surface area is 579 Å². The molecule has 0 N–H and O–H groups in total. The van der Waals surface area contributed by atoms with Gasteiger partial charge in [-0.2, -0.15) is 0 Å². The van der Waals surface area contributed by atoms with E-state index in [1.165, 1.54) is 0 Å². The van der Waals surface area contributed by atoms with Crippen LogP contribution in [0.1, 0.15) is 0 Å². The van der Waals surface area contributed by atoms with Crippen LogP contribution in [-0.4, -0.2) is 54.4 Å². The Morgan fingerprint density at radius 1 is 0.267 bits per heavy atom. The maximum absolute atomic E-state index is 6.85. The van der Waals surface area contributed by atoms with Gasteiger partial charge in [0.2, 0.25) is 0 Å². The third-order valence-electron chi connectivity index (χ3n) is 18.2. The topological polar surface area (TPSA) is 160 Å². The molecule has 13 nitrogen and oxygen atoms in total. The Morgan fingerprint density at radius 2 is 0.752 bits per heavy atom. The lowest BCUT2D eigenvalue weighted by molar-refractivity contribution is 0.635. The number of nitrogens with zero attached hydrogens (tertiary/aromatic N) is 11. The molecule has 13 heteroatoms. The summed E-state index contributed by atoms with van der Waals surface area (Å²) in [4.78, 5) is 47.3. The molecule has 0 bridgehead atoms. The zero-order chi connectivity index (χ0) is 67.0. The fourth-order valence-corrected chi connectivity index (χ4v) is 13.5.